The number of nitrogens with one attached hydrogen (secondary N) is 3. The molecule has 3 heterocycles. The second kappa shape index (κ2) is 10.2. The molecule has 0 spiro atoms. The number of fused-ring (bicyclic) bond motifs is 2. The highest BCUT2D eigenvalue weighted by Gasteiger charge is 2.37. The Bertz CT molecular complexity index is 1320. The highest BCUT2D eigenvalue weighted by molar-refractivity contribution is 7.13. The molecule has 0 unspecified atom stereocenters. The molecule has 36 heavy (non-hydrogen) atoms. The first-order valence-electron chi connectivity index (χ1n) is 12.0. The average molecular weight is 530 g/mol. The summed E-state index contributed by atoms with van der Waals surface area (Å²) in [7, 11) is 3.41. The summed E-state index contributed by atoms with van der Waals surface area (Å²) in [6.45, 7) is 1.71. The molecule has 1 aliphatic carbocycles. The highest BCUT2D eigenvalue weighted by Crippen LogP contribution is 2.28. The van der Waals surface area contributed by atoms with E-state index in [0.29, 0.717) is 35.0 Å². The van der Waals surface area contributed by atoms with Crippen molar-refractivity contribution in [1.29, 1.82) is 0 Å². The zero-order valence-electron chi connectivity index (χ0n) is 20.1. The number of aromatic nitrogens is 2. The number of ether oxygens (including phenoxy) is 1. The predicted molar refractivity (Wildman–Crippen MR) is 137 cm³/mol. The molecule has 2 amide bonds. The van der Waals surface area contributed by atoms with Gasteiger partial charge in [-0.2, -0.15) is 0 Å². The van der Waals surface area contributed by atoms with Gasteiger partial charge in [0.1, 0.15) is 5.69 Å². The number of carbonyl (C=O) groups excluding carboxylic acids is 3. The molecule has 3 aromatic rings. The van der Waals surface area contributed by atoms with Gasteiger partial charge in [0.2, 0.25) is 0 Å². The number of rotatable bonds is 5. The molecule has 3 N–H and O–H groups in total. The first kappa shape index (κ1) is 24.7. The fourth-order valence-electron chi connectivity index (χ4n) is 5.01. The van der Waals surface area contributed by atoms with E-state index in [1.54, 1.807) is 18.2 Å². The van der Waals surface area contributed by atoms with Crippen LogP contribution in [0, 0.1) is 5.92 Å². The van der Waals surface area contributed by atoms with Gasteiger partial charge in [0.05, 0.1) is 24.8 Å². The molecule has 3 atom stereocenters. The maximum absolute atomic E-state index is 13.2. The van der Waals surface area contributed by atoms with Crippen molar-refractivity contribution in [1.82, 2.24) is 25.5 Å². The van der Waals surface area contributed by atoms with Crippen LogP contribution < -0.4 is 10.6 Å². The molecule has 190 valence electrons. The number of hydrogen-bond acceptors (Lipinski definition) is 7. The van der Waals surface area contributed by atoms with Gasteiger partial charge in [0.15, 0.2) is 5.01 Å². The fourth-order valence-corrected chi connectivity index (χ4v) is 6.28. The standard InChI is InChI=1S/C25H28ClN5O4S/c1-31-8-7-18-21(12-31)36-24(30-18)23(33)28-17-5-3-13(25(34)35-2)10-19(17)29-22(32)20-11-14-9-15(26)4-6-16(14)27-20/h4,6,9,11,13,17,19,27H,3,5,7-8,10,12H2,1-2H3,(H,28,33)(H,29,32)/t13-,17+,19-/m0/s1. The van der Waals surface area contributed by atoms with E-state index in [4.69, 9.17) is 16.3 Å². The van der Waals surface area contributed by atoms with Gasteiger partial charge in [-0.3, -0.25) is 14.4 Å². The van der Waals surface area contributed by atoms with Gasteiger partial charge >= 0.3 is 5.97 Å². The fraction of sp³-hybridized carbons (Fsp3) is 0.440. The molecule has 11 heteroatoms. The number of nitrogens with zero attached hydrogens (tertiary/aromatic N) is 2. The number of thiazole rings is 1. The SMILES string of the molecule is COC(=O)[C@H]1CC[C@@H](NC(=O)c2nc3c(s2)CN(C)CC3)[C@@H](NC(=O)c2cc3cc(Cl)ccc3[nH]2)C1. The molecule has 5 rings (SSSR count). The summed E-state index contributed by atoms with van der Waals surface area (Å²) in [5, 5.41) is 7.95. The quantitative estimate of drug-likeness (QED) is 0.437. The molecule has 9 nitrogen and oxygen atoms in total. The van der Waals surface area contributed by atoms with Crippen molar-refractivity contribution in [3.05, 3.63) is 50.6 Å². The van der Waals surface area contributed by atoms with E-state index in [1.165, 1.54) is 18.4 Å². The first-order chi connectivity index (χ1) is 17.3. The van der Waals surface area contributed by atoms with Gasteiger partial charge in [-0.25, -0.2) is 4.98 Å². The third kappa shape index (κ3) is 5.11. The lowest BCUT2D eigenvalue weighted by atomic mass is 9.82. The number of aromatic amines is 1. The number of amides is 2. The molecule has 1 aliphatic heterocycles. The summed E-state index contributed by atoms with van der Waals surface area (Å²) >= 11 is 7.49. The van der Waals surface area contributed by atoms with Gasteiger partial charge in [-0.15, -0.1) is 11.3 Å². The normalized spacial score (nSPS) is 22.1. The van der Waals surface area contributed by atoms with Crippen molar-refractivity contribution < 1.29 is 19.1 Å². The van der Waals surface area contributed by atoms with Crippen LogP contribution in [0.15, 0.2) is 24.3 Å². The number of halogens is 1. The van der Waals surface area contributed by atoms with Crippen molar-refractivity contribution in [3.63, 3.8) is 0 Å². The maximum atomic E-state index is 13.2. The summed E-state index contributed by atoms with van der Waals surface area (Å²) in [5.74, 6) is -1.23. The minimum atomic E-state index is -0.449. The van der Waals surface area contributed by atoms with Gasteiger partial charge < -0.3 is 25.3 Å². The second-order valence-electron chi connectivity index (χ2n) is 9.48. The lowest BCUT2D eigenvalue weighted by Gasteiger charge is -2.35. The van der Waals surface area contributed by atoms with Crippen LogP contribution in [0.1, 0.15) is 50.1 Å². The number of benzene rings is 1. The number of hydrogen-bond donors (Lipinski definition) is 3. The van der Waals surface area contributed by atoms with Crippen LogP contribution in [0.3, 0.4) is 0 Å². The van der Waals surface area contributed by atoms with Crippen molar-refractivity contribution in [3.8, 4) is 0 Å². The Hall–Kier alpha value is -2.95. The number of H-pyrrole nitrogens is 1. The van der Waals surface area contributed by atoms with Crippen LogP contribution in [0.2, 0.25) is 5.02 Å². The van der Waals surface area contributed by atoms with E-state index in [0.717, 1.165) is 41.0 Å². The lowest BCUT2D eigenvalue weighted by molar-refractivity contribution is -0.146. The number of likely N-dealkylation sites (N-methyl/N-ethyl adjacent to an activating group) is 1. The van der Waals surface area contributed by atoms with E-state index < -0.39 is 6.04 Å². The largest absolute Gasteiger partial charge is 0.469 e. The zero-order valence-corrected chi connectivity index (χ0v) is 21.7. The molecule has 0 bridgehead atoms. The number of methoxy groups -OCH3 is 1. The topological polar surface area (TPSA) is 116 Å². The Morgan fingerprint density at radius 1 is 1.17 bits per heavy atom. The van der Waals surface area contributed by atoms with Gasteiger partial charge in [0, 0.05) is 46.4 Å². The first-order valence-corrected chi connectivity index (χ1v) is 13.1. The zero-order chi connectivity index (χ0) is 25.4. The van der Waals surface area contributed by atoms with Crippen LogP contribution >= 0.6 is 22.9 Å². The Balaban J connectivity index is 1.33. The number of carbonyl (C=O) groups is 3. The maximum Gasteiger partial charge on any atom is 0.308 e. The molecule has 1 fully saturated rings. The summed E-state index contributed by atoms with van der Waals surface area (Å²) in [4.78, 5) is 49.6. The van der Waals surface area contributed by atoms with E-state index in [-0.39, 0.29) is 29.7 Å². The second-order valence-corrected chi connectivity index (χ2v) is 11.0. The predicted octanol–water partition coefficient (Wildman–Crippen LogP) is 3.14. The van der Waals surface area contributed by atoms with Gasteiger partial charge in [0.25, 0.3) is 11.8 Å². The van der Waals surface area contributed by atoms with Crippen molar-refractivity contribution in [2.24, 2.45) is 5.92 Å². The molecule has 1 aromatic carbocycles. The number of esters is 1. The monoisotopic (exact) mass is 529 g/mol. The van der Waals surface area contributed by atoms with E-state index >= 15 is 0 Å². The highest BCUT2D eigenvalue weighted by atomic mass is 35.5. The summed E-state index contributed by atoms with van der Waals surface area (Å²) in [5.41, 5.74) is 2.17. The average Bonchev–Trinajstić information content (AvgIpc) is 3.48. The molecule has 1 saturated carbocycles. The molecule has 2 aromatic heterocycles. The molecular weight excluding hydrogens is 502 g/mol. The van der Waals surface area contributed by atoms with Crippen LogP contribution in [-0.4, -0.2) is 65.4 Å². The summed E-state index contributed by atoms with van der Waals surface area (Å²) in [6, 6.07) is 6.30. The Morgan fingerprint density at radius 3 is 2.78 bits per heavy atom. The lowest BCUT2D eigenvalue weighted by Crippen LogP contribution is -2.55. The van der Waals surface area contributed by atoms with Crippen molar-refractivity contribution in [2.75, 3.05) is 20.7 Å². The Morgan fingerprint density at radius 2 is 1.97 bits per heavy atom. The minimum absolute atomic E-state index is 0.252. The molecule has 2 aliphatic rings. The van der Waals surface area contributed by atoms with E-state index in [1.807, 2.05) is 6.07 Å². The summed E-state index contributed by atoms with van der Waals surface area (Å²) < 4.78 is 4.95. The van der Waals surface area contributed by atoms with Crippen molar-refractivity contribution >= 4 is 51.6 Å². The van der Waals surface area contributed by atoms with Crippen LogP contribution in [0.25, 0.3) is 10.9 Å². The van der Waals surface area contributed by atoms with E-state index in [2.05, 4.69) is 32.5 Å². The van der Waals surface area contributed by atoms with E-state index in [9.17, 15) is 14.4 Å². The summed E-state index contributed by atoms with van der Waals surface area (Å²) in [6.07, 6.45) is 2.30. The smallest absolute Gasteiger partial charge is 0.308 e. The van der Waals surface area contributed by atoms with Gasteiger partial charge in [-0.05, 0) is 50.6 Å². The van der Waals surface area contributed by atoms with Gasteiger partial charge in [-0.1, -0.05) is 11.6 Å². The Labute approximate surface area is 217 Å². The van der Waals surface area contributed by atoms with Crippen LogP contribution in [0.4, 0.5) is 0 Å². The van der Waals surface area contributed by atoms with Crippen LogP contribution in [0.5, 0.6) is 0 Å². The minimum Gasteiger partial charge on any atom is -0.469 e. The third-order valence-electron chi connectivity index (χ3n) is 6.96. The molecule has 0 saturated heterocycles. The van der Waals surface area contributed by atoms with Crippen molar-refractivity contribution in [2.45, 2.75) is 44.3 Å². The molecule has 0 radical (unpaired) electrons. The third-order valence-corrected chi connectivity index (χ3v) is 8.28. The van der Waals surface area contributed by atoms with Crippen LogP contribution in [-0.2, 0) is 22.5 Å². The molecular formula is C25H28ClN5O4S. The Kier molecular flexibility index (Phi) is 7.00.